The molecule has 1 aromatic heterocycles. The van der Waals surface area contributed by atoms with Crippen molar-refractivity contribution >= 4 is 44.7 Å². The van der Waals surface area contributed by atoms with Gasteiger partial charge in [0.15, 0.2) is 0 Å². The molecule has 2 aromatic carbocycles. The molecule has 0 radical (unpaired) electrons. The first-order chi connectivity index (χ1) is 10.3. The lowest BCUT2D eigenvalue weighted by Crippen LogP contribution is -2.22. The van der Waals surface area contributed by atoms with E-state index in [1.807, 2.05) is 11.3 Å². The first kappa shape index (κ1) is 15.0. The molecule has 21 heavy (non-hydrogen) atoms. The van der Waals surface area contributed by atoms with Crippen LogP contribution < -0.4 is 5.32 Å². The maximum atomic E-state index is 3.68. The van der Waals surface area contributed by atoms with Crippen LogP contribution in [0.15, 0.2) is 53.9 Å². The highest BCUT2D eigenvalue weighted by atomic mass is 127. The highest BCUT2D eigenvalue weighted by Crippen LogP contribution is 2.29. The Labute approximate surface area is 143 Å². The summed E-state index contributed by atoms with van der Waals surface area (Å²) in [5.74, 6) is 0. The van der Waals surface area contributed by atoms with Gasteiger partial charge < -0.3 is 5.32 Å². The van der Waals surface area contributed by atoms with Crippen molar-refractivity contribution in [2.24, 2.45) is 0 Å². The van der Waals surface area contributed by atoms with E-state index < -0.39 is 0 Å². The molecule has 0 aliphatic heterocycles. The summed E-state index contributed by atoms with van der Waals surface area (Å²) in [6.45, 7) is 3.24. The number of hydrogen-bond acceptors (Lipinski definition) is 2. The molecular formula is C18H18INS. The average molecular weight is 407 g/mol. The van der Waals surface area contributed by atoms with Crippen LogP contribution in [-0.4, -0.2) is 6.54 Å². The number of halogens is 1. The molecule has 1 nitrogen and oxygen atoms in total. The normalized spacial score (nSPS) is 12.7. The summed E-state index contributed by atoms with van der Waals surface area (Å²) >= 11 is 4.21. The van der Waals surface area contributed by atoms with E-state index in [1.165, 1.54) is 24.8 Å². The highest BCUT2D eigenvalue weighted by molar-refractivity contribution is 14.1. The second-order valence-corrected chi connectivity index (χ2v) is 7.98. The maximum Gasteiger partial charge on any atom is 0.0656 e. The summed E-state index contributed by atoms with van der Waals surface area (Å²) in [4.78, 5) is 0. The Morgan fingerprint density at radius 1 is 1.05 bits per heavy atom. The topological polar surface area (TPSA) is 12.0 Å². The molecule has 3 rings (SSSR count). The molecule has 0 saturated carbocycles. The fourth-order valence-corrected chi connectivity index (χ4v) is 3.98. The van der Waals surface area contributed by atoms with Crippen LogP contribution in [0.25, 0.3) is 10.8 Å². The van der Waals surface area contributed by atoms with E-state index in [0.29, 0.717) is 0 Å². The van der Waals surface area contributed by atoms with Gasteiger partial charge in [0.1, 0.15) is 0 Å². The molecule has 0 aliphatic rings. The van der Waals surface area contributed by atoms with E-state index in [0.717, 1.165) is 13.0 Å². The molecule has 0 fully saturated rings. The molecule has 0 bridgehead atoms. The summed E-state index contributed by atoms with van der Waals surface area (Å²) in [5.41, 5.74) is 2.71. The van der Waals surface area contributed by atoms with Crippen molar-refractivity contribution in [3.8, 4) is 0 Å². The van der Waals surface area contributed by atoms with Gasteiger partial charge >= 0.3 is 0 Å². The Bertz CT molecular complexity index is 735. The first-order valence-electron chi connectivity index (χ1n) is 7.24. The van der Waals surface area contributed by atoms with Gasteiger partial charge in [0.25, 0.3) is 0 Å². The minimum absolute atomic E-state index is 0.286. The first-order valence-corrected chi connectivity index (χ1v) is 9.20. The number of hydrogen-bond donors (Lipinski definition) is 1. The molecular weight excluding hydrogens is 389 g/mol. The Morgan fingerprint density at radius 2 is 1.86 bits per heavy atom. The summed E-state index contributed by atoms with van der Waals surface area (Å²) < 4.78 is 1.34. The number of thiophene rings is 1. The molecule has 0 amide bonds. The van der Waals surface area contributed by atoms with Crippen molar-refractivity contribution in [2.75, 3.05) is 6.54 Å². The molecule has 3 heteroatoms. The van der Waals surface area contributed by atoms with Crippen molar-refractivity contribution in [1.29, 1.82) is 0 Å². The fraction of sp³-hybridized carbons (Fsp3) is 0.222. The van der Waals surface area contributed by atoms with Crippen LogP contribution in [0.4, 0.5) is 0 Å². The van der Waals surface area contributed by atoms with Gasteiger partial charge in [-0.3, -0.25) is 0 Å². The van der Waals surface area contributed by atoms with Crippen molar-refractivity contribution < 1.29 is 0 Å². The SMILES string of the molecule is CCCNC(c1csc(I)c1)c1ccc2ccccc2c1. The van der Waals surface area contributed by atoms with Gasteiger partial charge in [-0.25, -0.2) is 0 Å². The molecule has 1 unspecified atom stereocenters. The third-order valence-corrected chi connectivity index (χ3v) is 5.43. The summed E-state index contributed by atoms with van der Waals surface area (Å²) in [7, 11) is 0. The molecule has 1 heterocycles. The van der Waals surface area contributed by atoms with Crippen molar-refractivity contribution in [2.45, 2.75) is 19.4 Å². The van der Waals surface area contributed by atoms with E-state index in [9.17, 15) is 0 Å². The second-order valence-electron chi connectivity index (χ2n) is 5.18. The van der Waals surface area contributed by atoms with E-state index in [-0.39, 0.29) is 6.04 Å². The Hall–Kier alpha value is -0.910. The standard InChI is InChI=1S/C18H18INS/c1-2-9-20-18(16-11-17(19)21-12-16)15-8-7-13-5-3-4-6-14(13)10-15/h3-8,10-12,18,20H,2,9H2,1H3. The largest absolute Gasteiger partial charge is 0.306 e. The quantitative estimate of drug-likeness (QED) is 0.544. The van der Waals surface area contributed by atoms with Crippen molar-refractivity contribution in [3.63, 3.8) is 0 Å². The summed E-state index contributed by atoms with van der Waals surface area (Å²) in [5, 5.41) is 8.56. The Balaban J connectivity index is 2.00. The number of benzene rings is 2. The van der Waals surface area contributed by atoms with Crippen LogP contribution in [0, 0.1) is 2.88 Å². The van der Waals surface area contributed by atoms with E-state index in [1.54, 1.807) is 0 Å². The van der Waals surface area contributed by atoms with Gasteiger partial charge in [0.2, 0.25) is 0 Å². The van der Waals surface area contributed by atoms with Gasteiger partial charge in [0.05, 0.1) is 8.93 Å². The highest BCUT2D eigenvalue weighted by Gasteiger charge is 2.15. The Morgan fingerprint density at radius 3 is 2.57 bits per heavy atom. The number of nitrogens with one attached hydrogen (secondary N) is 1. The lowest BCUT2D eigenvalue weighted by Gasteiger charge is -2.18. The fourth-order valence-electron chi connectivity index (χ4n) is 2.58. The average Bonchev–Trinajstić information content (AvgIpc) is 2.94. The van der Waals surface area contributed by atoms with Gasteiger partial charge in [0, 0.05) is 0 Å². The molecule has 1 N–H and O–H groups in total. The van der Waals surface area contributed by atoms with Crippen LogP contribution >= 0.6 is 33.9 Å². The molecule has 0 aliphatic carbocycles. The zero-order valence-electron chi connectivity index (χ0n) is 12.0. The minimum Gasteiger partial charge on any atom is -0.306 e. The van der Waals surface area contributed by atoms with Crippen LogP contribution in [0.3, 0.4) is 0 Å². The summed E-state index contributed by atoms with van der Waals surface area (Å²) in [6.07, 6.45) is 1.14. The second kappa shape index (κ2) is 6.90. The molecule has 0 saturated heterocycles. The van der Waals surface area contributed by atoms with E-state index in [4.69, 9.17) is 0 Å². The monoisotopic (exact) mass is 407 g/mol. The molecule has 108 valence electrons. The predicted octanol–water partition coefficient (Wildman–Crippen LogP) is 5.59. The maximum absolute atomic E-state index is 3.68. The third-order valence-electron chi connectivity index (χ3n) is 3.63. The lowest BCUT2D eigenvalue weighted by atomic mass is 9.98. The van der Waals surface area contributed by atoms with E-state index in [2.05, 4.69) is 88.7 Å². The number of fused-ring (bicyclic) bond motifs is 1. The summed E-state index contributed by atoms with van der Waals surface area (Å²) in [6, 6.07) is 17.9. The van der Waals surface area contributed by atoms with Crippen LogP contribution in [0.1, 0.15) is 30.5 Å². The van der Waals surface area contributed by atoms with Gasteiger partial charge in [-0.2, -0.15) is 0 Å². The lowest BCUT2D eigenvalue weighted by molar-refractivity contribution is 0.600. The zero-order valence-corrected chi connectivity index (χ0v) is 14.9. The van der Waals surface area contributed by atoms with E-state index >= 15 is 0 Å². The predicted molar refractivity (Wildman–Crippen MR) is 101 cm³/mol. The zero-order chi connectivity index (χ0) is 14.7. The van der Waals surface area contributed by atoms with Crippen LogP contribution in [0.2, 0.25) is 0 Å². The Kier molecular flexibility index (Phi) is 4.93. The van der Waals surface area contributed by atoms with Gasteiger partial charge in [-0.05, 0) is 75.0 Å². The van der Waals surface area contributed by atoms with Gasteiger partial charge in [-0.15, -0.1) is 11.3 Å². The molecule has 3 aromatic rings. The smallest absolute Gasteiger partial charge is 0.0656 e. The minimum atomic E-state index is 0.286. The molecule has 0 spiro atoms. The van der Waals surface area contributed by atoms with Crippen molar-refractivity contribution in [3.05, 3.63) is 67.9 Å². The van der Waals surface area contributed by atoms with Crippen molar-refractivity contribution in [1.82, 2.24) is 5.32 Å². The van der Waals surface area contributed by atoms with Crippen LogP contribution in [-0.2, 0) is 0 Å². The van der Waals surface area contributed by atoms with Gasteiger partial charge in [-0.1, -0.05) is 43.3 Å². The number of rotatable bonds is 5. The van der Waals surface area contributed by atoms with Crippen LogP contribution in [0.5, 0.6) is 0 Å². The molecule has 1 atom stereocenters. The third kappa shape index (κ3) is 3.47.